The molecule has 0 saturated carbocycles. The molecule has 2 nitrogen and oxygen atoms in total. The highest BCUT2D eigenvalue weighted by molar-refractivity contribution is 5.33. The van der Waals surface area contributed by atoms with Crippen LogP contribution in [0.2, 0.25) is 0 Å². The van der Waals surface area contributed by atoms with Crippen LogP contribution in [0.1, 0.15) is 41.6 Å². The van der Waals surface area contributed by atoms with Gasteiger partial charge in [-0.05, 0) is 54.7 Å². The van der Waals surface area contributed by atoms with Crippen LogP contribution in [-0.4, -0.2) is 7.11 Å². The number of hydrogen-bond acceptors (Lipinski definition) is 2. The van der Waals surface area contributed by atoms with Crippen molar-refractivity contribution in [3.8, 4) is 5.75 Å². The Morgan fingerprint density at radius 3 is 2.38 bits per heavy atom. The van der Waals surface area contributed by atoms with Crippen LogP contribution in [-0.2, 0) is 6.54 Å². The van der Waals surface area contributed by atoms with Gasteiger partial charge in [-0.3, -0.25) is 0 Å². The summed E-state index contributed by atoms with van der Waals surface area (Å²) in [5.41, 5.74) is 5.42. The van der Waals surface area contributed by atoms with E-state index in [0.29, 0.717) is 6.04 Å². The van der Waals surface area contributed by atoms with Gasteiger partial charge in [0.15, 0.2) is 0 Å². The zero-order valence-corrected chi connectivity index (χ0v) is 13.4. The fourth-order valence-electron chi connectivity index (χ4n) is 2.57. The normalized spacial score (nSPS) is 12.2. The molecule has 0 spiro atoms. The Labute approximate surface area is 128 Å². The summed E-state index contributed by atoms with van der Waals surface area (Å²) in [6.07, 6.45) is 1.07. The van der Waals surface area contributed by atoms with Crippen molar-refractivity contribution in [2.75, 3.05) is 7.11 Å². The Balaban J connectivity index is 2.06. The summed E-state index contributed by atoms with van der Waals surface area (Å²) in [7, 11) is 1.70. The van der Waals surface area contributed by atoms with E-state index in [9.17, 15) is 0 Å². The third-order valence-electron chi connectivity index (χ3n) is 4.18. The van der Waals surface area contributed by atoms with Crippen molar-refractivity contribution in [1.82, 2.24) is 5.32 Å². The van der Waals surface area contributed by atoms with Gasteiger partial charge in [-0.2, -0.15) is 0 Å². The summed E-state index contributed by atoms with van der Waals surface area (Å²) in [6.45, 7) is 7.48. The maximum atomic E-state index is 5.22. The predicted molar refractivity (Wildman–Crippen MR) is 88.8 cm³/mol. The van der Waals surface area contributed by atoms with E-state index in [-0.39, 0.29) is 0 Å². The highest BCUT2D eigenvalue weighted by Crippen LogP contribution is 2.21. The molecule has 0 heterocycles. The van der Waals surface area contributed by atoms with Crippen molar-refractivity contribution in [1.29, 1.82) is 0 Å². The Bertz CT molecular complexity index is 575. The first-order chi connectivity index (χ1) is 10.2. The van der Waals surface area contributed by atoms with Crippen LogP contribution < -0.4 is 10.1 Å². The average molecular weight is 283 g/mol. The number of rotatable bonds is 6. The molecule has 0 fully saturated rings. The molecular weight excluding hydrogens is 258 g/mol. The first kappa shape index (κ1) is 15.6. The van der Waals surface area contributed by atoms with Gasteiger partial charge in [-0.1, -0.05) is 37.3 Å². The van der Waals surface area contributed by atoms with Gasteiger partial charge in [0.05, 0.1) is 7.11 Å². The van der Waals surface area contributed by atoms with Gasteiger partial charge >= 0.3 is 0 Å². The molecule has 2 aromatic rings. The SMILES string of the molecule is CCC(NCc1cccc(C)c1C)c1ccc(OC)cc1. The van der Waals surface area contributed by atoms with E-state index in [1.165, 1.54) is 22.3 Å². The van der Waals surface area contributed by atoms with Gasteiger partial charge in [0, 0.05) is 12.6 Å². The Morgan fingerprint density at radius 1 is 1.05 bits per heavy atom. The number of methoxy groups -OCH3 is 1. The van der Waals surface area contributed by atoms with Crippen molar-refractivity contribution in [2.45, 2.75) is 39.8 Å². The van der Waals surface area contributed by atoms with Gasteiger partial charge in [0.1, 0.15) is 5.75 Å². The lowest BCUT2D eigenvalue weighted by molar-refractivity contribution is 0.414. The summed E-state index contributed by atoms with van der Waals surface area (Å²) in [4.78, 5) is 0. The molecule has 0 amide bonds. The van der Waals surface area contributed by atoms with Crippen LogP contribution in [0.15, 0.2) is 42.5 Å². The summed E-state index contributed by atoms with van der Waals surface area (Å²) < 4.78 is 5.22. The van der Waals surface area contributed by atoms with Crippen LogP contribution in [0.4, 0.5) is 0 Å². The molecule has 2 heteroatoms. The van der Waals surface area contributed by atoms with Gasteiger partial charge in [-0.15, -0.1) is 0 Å². The number of nitrogens with one attached hydrogen (secondary N) is 1. The van der Waals surface area contributed by atoms with E-state index in [2.05, 4.69) is 56.4 Å². The largest absolute Gasteiger partial charge is 0.497 e. The molecule has 0 saturated heterocycles. The molecule has 1 unspecified atom stereocenters. The molecule has 21 heavy (non-hydrogen) atoms. The number of benzene rings is 2. The van der Waals surface area contributed by atoms with Gasteiger partial charge < -0.3 is 10.1 Å². The van der Waals surface area contributed by atoms with Crippen molar-refractivity contribution in [2.24, 2.45) is 0 Å². The van der Waals surface area contributed by atoms with Crippen LogP contribution in [0.25, 0.3) is 0 Å². The molecule has 1 N–H and O–H groups in total. The lowest BCUT2D eigenvalue weighted by Gasteiger charge is -2.19. The Kier molecular flexibility index (Phi) is 5.40. The summed E-state index contributed by atoms with van der Waals surface area (Å²) in [5.74, 6) is 0.906. The smallest absolute Gasteiger partial charge is 0.118 e. The summed E-state index contributed by atoms with van der Waals surface area (Å²) >= 11 is 0. The number of hydrogen-bond donors (Lipinski definition) is 1. The van der Waals surface area contributed by atoms with Crippen molar-refractivity contribution in [3.63, 3.8) is 0 Å². The van der Waals surface area contributed by atoms with E-state index in [1.54, 1.807) is 7.11 Å². The molecule has 2 rings (SSSR count). The highest BCUT2D eigenvalue weighted by Gasteiger charge is 2.10. The molecule has 0 aromatic heterocycles. The molecule has 0 aliphatic rings. The minimum absolute atomic E-state index is 0.371. The zero-order valence-electron chi connectivity index (χ0n) is 13.4. The molecule has 1 atom stereocenters. The molecular formula is C19H25NO. The van der Waals surface area contributed by atoms with E-state index < -0.39 is 0 Å². The topological polar surface area (TPSA) is 21.3 Å². The standard InChI is InChI=1S/C19H25NO/c1-5-19(16-9-11-18(21-4)12-10-16)20-13-17-8-6-7-14(2)15(17)3/h6-12,19-20H,5,13H2,1-4H3. The van der Waals surface area contributed by atoms with Crippen molar-refractivity contribution >= 4 is 0 Å². The second-order valence-corrected chi connectivity index (χ2v) is 5.47. The monoisotopic (exact) mass is 283 g/mol. The number of ether oxygens (including phenoxy) is 1. The minimum Gasteiger partial charge on any atom is -0.497 e. The highest BCUT2D eigenvalue weighted by atomic mass is 16.5. The van der Waals surface area contributed by atoms with E-state index in [0.717, 1.165) is 18.7 Å². The molecule has 0 bridgehead atoms. The molecule has 2 aromatic carbocycles. The third kappa shape index (κ3) is 3.85. The van der Waals surface area contributed by atoms with Crippen LogP contribution in [0.3, 0.4) is 0 Å². The zero-order chi connectivity index (χ0) is 15.2. The molecule has 0 aliphatic heterocycles. The van der Waals surface area contributed by atoms with Crippen molar-refractivity contribution < 1.29 is 4.74 Å². The first-order valence-corrected chi connectivity index (χ1v) is 7.58. The van der Waals surface area contributed by atoms with E-state index in [1.807, 2.05) is 12.1 Å². The van der Waals surface area contributed by atoms with Crippen LogP contribution >= 0.6 is 0 Å². The predicted octanol–water partition coefficient (Wildman–Crippen LogP) is 4.55. The molecule has 0 aliphatic carbocycles. The average Bonchev–Trinajstić information content (AvgIpc) is 2.52. The maximum absolute atomic E-state index is 5.22. The van der Waals surface area contributed by atoms with Gasteiger partial charge in [0.25, 0.3) is 0 Å². The number of aryl methyl sites for hydroxylation is 1. The molecule has 112 valence electrons. The maximum Gasteiger partial charge on any atom is 0.118 e. The minimum atomic E-state index is 0.371. The van der Waals surface area contributed by atoms with E-state index >= 15 is 0 Å². The van der Waals surface area contributed by atoms with Gasteiger partial charge in [-0.25, -0.2) is 0 Å². The molecule has 0 radical (unpaired) electrons. The second kappa shape index (κ2) is 7.28. The fraction of sp³-hybridized carbons (Fsp3) is 0.368. The Morgan fingerprint density at radius 2 is 1.76 bits per heavy atom. The second-order valence-electron chi connectivity index (χ2n) is 5.47. The Hall–Kier alpha value is -1.80. The summed E-state index contributed by atoms with van der Waals surface area (Å²) in [6, 6.07) is 15.2. The van der Waals surface area contributed by atoms with Crippen LogP contribution in [0.5, 0.6) is 5.75 Å². The van der Waals surface area contributed by atoms with Crippen LogP contribution in [0, 0.1) is 13.8 Å². The van der Waals surface area contributed by atoms with Crippen molar-refractivity contribution in [3.05, 3.63) is 64.7 Å². The van der Waals surface area contributed by atoms with Gasteiger partial charge in [0.2, 0.25) is 0 Å². The van der Waals surface area contributed by atoms with E-state index in [4.69, 9.17) is 4.74 Å². The lowest BCUT2D eigenvalue weighted by Crippen LogP contribution is -2.20. The first-order valence-electron chi connectivity index (χ1n) is 7.58. The lowest BCUT2D eigenvalue weighted by atomic mass is 10.0. The summed E-state index contributed by atoms with van der Waals surface area (Å²) in [5, 5.41) is 3.67. The third-order valence-corrected chi connectivity index (χ3v) is 4.18. The quantitative estimate of drug-likeness (QED) is 0.839. The fourth-order valence-corrected chi connectivity index (χ4v) is 2.57.